The van der Waals surface area contributed by atoms with E-state index in [-0.39, 0.29) is 38.2 Å². The van der Waals surface area contributed by atoms with Crippen LogP contribution < -0.4 is 0 Å². The van der Waals surface area contributed by atoms with E-state index in [1.165, 1.54) is 212 Å². The van der Waals surface area contributed by atoms with Crippen LogP contribution in [0.25, 0.3) is 0 Å². The monoisotopic (exact) mass is 937 g/mol. The number of carboxylic acids is 1. The van der Waals surface area contributed by atoms with Crippen LogP contribution in [0.5, 0.6) is 0 Å². The van der Waals surface area contributed by atoms with Gasteiger partial charge in [-0.25, -0.2) is 4.79 Å². The summed E-state index contributed by atoms with van der Waals surface area (Å²) in [5.74, 6) is -1.99. The van der Waals surface area contributed by atoms with E-state index in [9.17, 15) is 19.5 Å². The number of ether oxygens (including phenoxy) is 4. The van der Waals surface area contributed by atoms with Gasteiger partial charge in [0.15, 0.2) is 6.10 Å². The largest absolute Gasteiger partial charge is 0.477 e. The van der Waals surface area contributed by atoms with Crippen LogP contribution in [0.1, 0.15) is 277 Å². The highest BCUT2D eigenvalue weighted by atomic mass is 16.7. The third-order valence-corrected chi connectivity index (χ3v) is 12.8. The first-order chi connectivity index (χ1) is 32.1. The molecule has 0 heterocycles. The average Bonchev–Trinajstić information content (AvgIpc) is 3.28. The summed E-state index contributed by atoms with van der Waals surface area (Å²) in [5.41, 5.74) is 0. The van der Waals surface area contributed by atoms with E-state index in [2.05, 4.69) is 26.0 Å². The number of nitrogens with zero attached hydrogens (tertiary/aromatic N) is 1. The zero-order valence-electron chi connectivity index (χ0n) is 44.4. The van der Waals surface area contributed by atoms with Crippen LogP contribution in [-0.2, 0) is 33.3 Å². The molecule has 1 N–H and O–H groups in total. The van der Waals surface area contributed by atoms with Gasteiger partial charge in [0.25, 0.3) is 6.29 Å². The molecule has 2 atom stereocenters. The maximum Gasteiger partial charge on any atom is 0.361 e. The fourth-order valence-electron chi connectivity index (χ4n) is 8.36. The van der Waals surface area contributed by atoms with Crippen molar-refractivity contribution >= 4 is 17.9 Å². The summed E-state index contributed by atoms with van der Waals surface area (Å²) < 4.78 is 22.7. The Kier molecular flexibility index (Phi) is 48.0. The fraction of sp³-hybridized carbons (Fsp3) is 0.912. The maximum atomic E-state index is 12.8. The van der Waals surface area contributed by atoms with E-state index in [1.807, 2.05) is 21.1 Å². The number of esters is 2. The van der Waals surface area contributed by atoms with E-state index in [0.29, 0.717) is 17.4 Å². The number of likely N-dealkylation sites (N-methyl/N-ethyl adjacent to an activating group) is 1. The van der Waals surface area contributed by atoms with Crippen LogP contribution in [-0.4, -0.2) is 87.4 Å². The Labute approximate surface area is 408 Å². The normalized spacial score (nSPS) is 12.8. The Balaban J connectivity index is 3.93. The number of hydrogen-bond donors (Lipinski definition) is 1. The summed E-state index contributed by atoms with van der Waals surface area (Å²) in [4.78, 5) is 37.1. The number of carboxylic acid groups (broad SMARTS) is 1. The van der Waals surface area contributed by atoms with Crippen LogP contribution >= 0.6 is 0 Å². The van der Waals surface area contributed by atoms with Gasteiger partial charge in [-0.1, -0.05) is 238 Å². The van der Waals surface area contributed by atoms with E-state index in [4.69, 9.17) is 18.9 Å². The van der Waals surface area contributed by atoms with Gasteiger partial charge in [0.2, 0.25) is 0 Å². The molecule has 9 heteroatoms. The van der Waals surface area contributed by atoms with Gasteiger partial charge in [-0.05, 0) is 38.5 Å². The van der Waals surface area contributed by atoms with Gasteiger partial charge in [0.05, 0.1) is 34.4 Å². The summed E-state index contributed by atoms with van der Waals surface area (Å²) in [6.45, 7) is 4.88. The third kappa shape index (κ3) is 49.9. The lowest BCUT2D eigenvalue weighted by molar-refractivity contribution is -0.870. The highest BCUT2D eigenvalue weighted by Gasteiger charge is 2.25. The molecule has 0 aliphatic rings. The lowest BCUT2D eigenvalue weighted by Crippen LogP contribution is -2.40. The second-order valence-electron chi connectivity index (χ2n) is 20.6. The van der Waals surface area contributed by atoms with Crippen molar-refractivity contribution in [3.05, 3.63) is 12.2 Å². The van der Waals surface area contributed by atoms with Gasteiger partial charge in [-0.3, -0.25) is 9.59 Å². The number of quaternary nitrogens is 1. The minimum absolute atomic E-state index is 0.175. The van der Waals surface area contributed by atoms with E-state index < -0.39 is 18.4 Å². The van der Waals surface area contributed by atoms with Crippen LogP contribution in [0.2, 0.25) is 0 Å². The Morgan fingerprint density at radius 3 is 1.12 bits per heavy atom. The first-order valence-corrected chi connectivity index (χ1v) is 28.4. The summed E-state index contributed by atoms with van der Waals surface area (Å²) in [6.07, 6.45) is 53.3. The molecular weight excluding hydrogens is 827 g/mol. The first-order valence-electron chi connectivity index (χ1n) is 28.4. The summed E-state index contributed by atoms with van der Waals surface area (Å²) in [6, 6.07) is 0. The summed E-state index contributed by atoms with van der Waals surface area (Å²) >= 11 is 0. The van der Waals surface area contributed by atoms with Crippen molar-refractivity contribution in [2.24, 2.45) is 0 Å². The molecule has 0 spiro atoms. The second-order valence-corrected chi connectivity index (χ2v) is 20.6. The Bertz CT molecular complexity index is 1090. The molecule has 0 aliphatic carbocycles. The molecule has 0 saturated carbocycles. The number of rotatable bonds is 53. The molecule has 0 bridgehead atoms. The van der Waals surface area contributed by atoms with E-state index in [1.54, 1.807) is 0 Å². The highest BCUT2D eigenvalue weighted by Crippen LogP contribution is 2.17. The zero-order valence-corrected chi connectivity index (χ0v) is 44.4. The molecule has 0 radical (unpaired) electrons. The summed E-state index contributed by atoms with van der Waals surface area (Å²) in [7, 11) is 5.97. The van der Waals surface area contributed by atoms with Crippen molar-refractivity contribution in [1.82, 2.24) is 0 Å². The van der Waals surface area contributed by atoms with Crippen LogP contribution in [0.3, 0.4) is 0 Å². The molecule has 0 saturated heterocycles. The van der Waals surface area contributed by atoms with Gasteiger partial charge < -0.3 is 28.5 Å². The van der Waals surface area contributed by atoms with Crippen molar-refractivity contribution in [2.45, 2.75) is 289 Å². The van der Waals surface area contributed by atoms with Gasteiger partial charge >= 0.3 is 17.9 Å². The lowest BCUT2D eigenvalue weighted by Gasteiger charge is -2.25. The van der Waals surface area contributed by atoms with Gasteiger partial charge in [0, 0.05) is 12.8 Å². The Morgan fingerprint density at radius 2 is 0.773 bits per heavy atom. The minimum atomic E-state index is -1.50. The van der Waals surface area contributed by atoms with Crippen molar-refractivity contribution in [2.75, 3.05) is 47.5 Å². The van der Waals surface area contributed by atoms with Crippen molar-refractivity contribution < 1.29 is 42.9 Å². The molecule has 0 aromatic carbocycles. The van der Waals surface area contributed by atoms with Crippen LogP contribution in [0.15, 0.2) is 12.2 Å². The predicted octanol–water partition coefficient (Wildman–Crippen LogP) is 16.2. The van der Waals surface area contributed by atoms with Gasteiger partial charge in [-0.15, -0.1) is 0 Å². The molecule has 0 rings (SSSR count). The standard InChI is InChI=1S/C57H109NO8/c1-6-8-10-12-14-16-17-18-19-20-21-22-23-24-25-26-27-28-29-30-31-32-33-34-35-36-37-38-39-40-42-44-46-48-55(60)66-53(52-65-57(56(61)62)63-50-49-58(3,4)5)51-64-54(59)47-45-43-41-15-13-11-9-7-2/h20-21,53,57H,6-19,22-52H2,1-5H3/p+1/b21-20-. The Hall–Kier alpha value is -1.97. The number of allylic oxidation sites excluding steroid dienone is 2. The van der Waals surface area contributed by atoms with Gasteiger partial charge in [-0.2, -0.15) is 0 Å². The topological polar surface area (TPSA) is 108 Å². The number of hydrogen-bond acceptors (Lipinski definition) is 7. The van der Waals surface area contributed by atoms with Gasteiger partial charge in [0.1, 0.15) is 13.2 Å². The molecule has 0 aliphatic heterocycles. The summed E-state index contributed by atoms with van der Waals surface area (Å²) in [5, 5.41) is 9.64. The molecule has 0 amide bonds. The zero-order chi connectivity index (χ0) is 48.4. The van der Waals surface area contributed by atoms with E-state index in [0.717, 1.165) is 38.5 Å². The molecule has 0 fully saturated rings. The molecule has 390 valence electrons. The average molecular weight is 938 g/mol. The van der Waals surface area contributed by atoms with Crippen molar-refractivity contribution in [3.8, 4) is 0 Å². The van der Waals surface area contributed by atoms with E-state index >= 15 is 0 Å². The molecule has 9 nitrogen and oxygen atoms in total. The maximum absolute atomic E-state index is 12.8. The minimum Gasteiger partial charge on any atom is -0.477 e. The quantitative estimate of drug-likeness (QED) is 0.0211. The molecule has 2 unspecified atom stereocenters. The number of unbranched alkanes of at least 4 members (excludes halogenated alkanes) is 36. The molecular formula is C57H110NO8+. The number of carbonyl (C=O) groups is 3. The molecule has 0 aromatic rings. The Morgan fingerprint density at radius 1 is 0.439 bits per heavy atom. The predicted molar refractivity (Wildman–Crippen MR) is 277 cm³/mol. The SMILES string of the molecule is CCCCCCCCCC/C=C\CCCCCCCCCCCCCCCCCCCCCCCC(=O)OC(COC(=O)CCCCCCCCCC)COC(OCC[N+](C)(C)C)C(=O)O. The lowest BCUT2D eigenvalue weighted by atomic mass is 10.0. The van der Waals surface area contributed by atoms with Crippen LogP contribution in [0.4, 0.5) is 0 Å². The van der Waals surface area contributed by atoms with Crippen molar-refractivity contribution in [1.29, 1.82) is 0 Å². The number of carbonyl (C=O) groups excluding carboxylic acids is 2. The number of aliphatic carboxylic acids is 1. The smallest absolute Gasteiger partial charge is 0.361 e. The molecule has 0 aromatic heterocycles. The highest BCUT2D eigenvalue weighted by molar-refractivity contribution is 5.71. The fourth-order valence-corrected chi connectivity index (χ4v) is 8.36. The van der Waals surface area contributed by atoms with Crippen LogP contribution in [0, 0.1) is 0 Å². The molecule has 66 heavy (non-hydrogen) atoms. The second kappa shape index (κ2) is 49.5. The third-order valence-electron chi connectivity index (χ3n) is 12.8. The van der Waals surface area contributed by atoms with Crippen molar-refractivity contribution in [3.63, 3.8) is 0 Å². The first kappa shape index (κ1) is 64.0.